The summed E-state index contributed by atoms with van der Waals surface area (Å²) in [5.41, 5.74) is 2.11. The van der Waals surface area contributed by atoms with E-state index in [0.717, 1.165) is 21.4 Å². The second-order valence-electron chi connectivity index (χ2n) is 9.13. The maximum atomic E-state index is 13.7. The van der Waals surface area contributed by atoms with Crippen molar-refractivity contribution in [2.24, 2.45) is 0 Å². The van der Waals surface area contributed by atoms with Crippen LogP contribution in [-0.2, 0) is 16.0 Å². The minimum atomic E-state index is -1.05. The van der Waals surface area contributed by atoms with Crippen LogP contribution in [0.15, 0.2) is 79.0 Å². The molecule has 4 aromatic rings. The van der Waals surface area contributed by atoms with Gasteiger partial charge in [-0.05, 0) is 55.3 Å². The van der Waals surface area contributed by atoms with Gasteiger partial charge in [-0.3, -0.25) is 24.5 Å². The van der Waals surface area contributed by atoms with Crippen LogP contribution in [0.25, 0.3) is 10.9 Å². The number of imide groups is 1. The van der Waals surface area contributed by atoms with Crippen LogP contribution >= 0.6 is 0 Å². The average molecular weight is 527 g/mol. The molecule has 1 aliphatic heterocycles. The van der Waals surface area contributed by atoms with Crippen molar-refractivity contribution in [3.63, 3.8) is 0 Å². The molecule has 1 aromatic heterocycles. The summed E-state index contributed by atoms with van der Waals surface area (Å²) in [5, 5.41) is 12.3. The summed E-state index contributed by atoms with van der Waals surface area (Å²) in [6.45, 7) is 2.47. The Bertz CT molecular complexity index is 1560. The molecule has 1 aliphatic rings. The van der Waals surface area contributed by atoms with E-state index in [0.29, 0.717) is 24.5 Å². The summed E-state index contributed by atoms with van der Waals surface area (Å²) in [5.74, 6) is -0.906. The van der Waals surface area contributed by atoms with Crippen molar-refractivity contribution in [2.75, 3.05) is 18.1 Å². The fourth-order valence-electron chi connectivity index (χ4n) is 4.89. The van der Waals surface area contributed by atoms with Crippen LogP contribution in [0.5, 0.6) is 5.75 Å². The number of carbonyl (C=O) groups is 3. The lowest BCUT2D eigenvalue weighted by Crippen LogP contribution is -2.46. The smallest absolute Gasteiger partial charge is 0.270 e. The molecule has 0 saturated carbocycles. The number of non-ortho nitro benzene ring substituents is 1. The van der Waals surface area contributed by atoms with E-state index in [9.17, 15) is 24.5 Å². The van der Waals surface area contributed by atoms with Crippen LogP contribution in [0.2, 0.25) is 0 Å². The number of hydrogen-bond acceptors (Lipinski definition) is 6. The summed E-state index contributed by atoms with van der Waals surface area (Å²) < 4.78 is 5.45. The van der Waals surface area contributed by atoms with Gasteiger partial charge >= 0.3 is 0 Å². The lowest BCUT2D eigenvalue weighted by atomic mass is 10.1. The molecule has 0 radical (unpaired) electrons. The molecule has 1 atom stereocenters. The van der Waals surface area contributed by atoms with Crippen molar-refractivity contribution in [2.45, 2.75) is 25.8 Å². The van der Waals surface area contributed by atoms with Gasteiger partial charge in [0, 0.05) is 41.3 Å². The predicted molar refractivity (Wildman–Crippen MR) is 145 cm³/mol. The maximum absolute atomic E-state index is 13.7. The minimum Gasteiger partial charge on any atom is -0.494 e. The van der Waals surface area contributed by atoms with Crippen molar-refractivity contribution < 1.29 is 24.0 Å². The number of ether oxygens (including phenoxy) is 1. The van der Waals surface area contributed by atoms with E-state index < -0.39 is 28.7 Å². The molecule has 39 heavy (non-hydrogen) atoms. The highest BCUT2D eigenvalue weighted by atomic mass is 16.6. The number of H-pyrrole nitrogens is 1. The number of nitrogens with zero attached hydrogens (tertiary/aromatic N) is 3. The van der Waals surface area contributed by atoms with Crippen LogP contribution < -0.4 is 9.64 Å². The number of nitro benzene ring substituents is 1. The maximum Gasteiger partial charge on any atom is 0.270 e. The molecule has 3 amide bonds. The Morgan fingerprint density at radius 1 is 1.10 bits per heavy atom. The van der Waals surface area contributed by atoms with Crippen molar-refractivity contribution in [1.29, 1.82) is 0 Å². The van der Waals surface area contributed by atoms with Crippen molar-refractivity contribution >= 4 is 40.0 Å². The number of rotatable bonds is 9. The number of benzene rings is 3. The Morgan fingerprint density at radius 2 is 1.87 bits per heavy atom. The van der Waals surface area contributed by atoms with E-state index >= 15 is 0 Å². The minimum absolute atomic E-state index is 0.0721. The van der Waals surface area contributed by atoms with Gasteiger partial charge in [-0.15, -0.1) is 0 Å². The molecule has 10 heteroatoms. The number of anilines is 1. The van der Waals surface area contributed by atoms with Gasteiger partial charge < -0.3 is 14.6 Å². The third-order valence-corrected chi connectivity index (χ3v) is 6.77. The standard InChI is InChI=1S/C29H26N4O6/c1-2-39-23-12-10-21(11-13-23)32-27(34)17-26(29(32)36)31(28(35)19-6-5-7-22(16-19)33(37)38)15-14-20-18-30-25-9-4-3-8-24(20)25/h3-13,16,18,26,30H,2,14-15,17H2,1H3. The fraction of sp³-hybridized carbons (Fsp3) is 0.207. The average Bonchev–Trinajstić information content (AvgIpc) is 3.49. The first-order chi connectivity index (χ1) is 18.9. The van der Waals surface area contributed by atoms with E-state index in [1.165, 1.54) is 29.2 Å². The molecule has 10 nitrogen and oxygen atoms in total. The van der Waals surface area contributed by atoms with Crippen molar-refractivity contribution in [3.8, 4) is 5.75 Å². The fourth-order valence-corrected chi connectivity index (χ4v) is 4.89. The summed E-state index contributed by atoms with van der Waals surface area (Å²) in [6, 6.07) is 18.7. The summed E-state index contributed by atoms with van der Waals surface area (Å²) in [7, 11) is 0. The van der Waals surface area contributed by atoms with E-state index in [1.54, 1.807) is 24.3 Å². The number of nitrogens with one attached hydrogen (secondary N) is 1. The van der Waals surface area contributed by atoms with Crippen LogP contribution in [0, 0.1) is 10.1 Å². The van der Waals surface area contributed by atoms with Gasteiger partial charge in [-0.25, -0.2) is 4.90 Å². The first-order valence-corrected chi connectivity index (χ1v) is 12.6. The number of amides is 3. The van der Waals surface area contributed by atoms with Gasteiger partial charge in [0.25, 0.3) is 17.5 Å². The second kappa shape index (κ2) is 10.8. The van der Waals surface area contributed by atoms with Gasteiger partial charge in [0.2, 0.25) is 5.91 Å². The molecular weight excluding hydrogens is 500 g/mol. The number of para-hydroxylation sites is 1. The third kappa shape index (κ3) is 5.08. The van der Waals surface area contributed by atoms with Crippen molar-refractivity contribution in [3.05, 3.63) is 100 Å². The van der Waals surface area contributed by atoms with Gasteiger partial charge in [0.1, 0.15) is 11.8 Å². The lowest BCUT2D eigenvalue weighted by Gasteiger charge is -2.28. The first-order valence-electron chi connectivity index (χ1n) is 12.6. The Hall–Kier alpha value is -4.99. The Kier molecular flexibility index (Phi) is 7.09. The molecule has 1 saturated heterocycles. The van der Waals surface area contributed by atoms with Crippen LogP contribution in [-0.4, -0.2) is 51.7 Å². The van der Waals surface area contributed by atoms with E-state index in [4.69, 9.17) is 4.74 Å². The zero-order chi connectivity index (χ0) is 27.5. The molecule has 1 unspecified atom stereocenters. The quantitative estimate of drug-likeness (QED) is 0.195. The van der Waals surface area contributed by atoms with E-state index in [1.807, 2.05) is 37.4 Å². The molecular formula is C29H26N4O6. The lowest BCUT2D eigenvalue weighted by molar-refractivity contribution is -0.384. The summed E-state index contributed by atoms with van der Waals surface area (Å²) in [4.78, 5) is 56.8. The van der Waals surface area contributed by atoms with Gasteiger partial charge in [-0.2, -0.15) is 0 Å². The monoisotopic (exact) mass is 526 g/mol. The number of aromatic nitrogens is 1. The van der Waals surface area contributed by atoms with Crippen LogP contribution in [0.3, 0.4) is 0 Å². The number of fused-ring (bicyclic) bond motifs is 1. The van der Waals surface area contributed by atoms with E-state index in [-0.39, 0.29) is 24.2 Å². The van der Waals surface area contributed by atoms with Crippen LogP contribution in [0.4, 0.5) is 11.4 Å². The Balaban J connectivity index is 1.46. The summed E-state index contributed by atoms with van der Waals surface area (Å²) in [6.07, 6.45) is 2.07. The third-order valence-electron chi connectivity index (χ3n) is 6.77. The van der Waals surface area contributed by atoms with E-state index in [2.05, 4.69) is 4.98 Å². The SMILES string of the molecule is CCOc1ccc(N2C(=O)CC(N(CCc3c[nH]c4ccccc34)C(=O)c3cccc([N+](=O)[O-])c3)C2=O)cc1. The van der Waals surface area contributed by atoms with Gasteiger partial charge in [-0.1, -0.05) is 24.3 Å². The molecule has 3 aromatic carbocycles. The van der Waals surface area contributed by atoms with Gasteiger partial charge in [0.05, 0.1) is 23.6 Å². The number of hydrogen-bond donors (Lipinski definition) is 1. The molecule has 0 aliphatic carbocycles. The summed E-state index contributed by atoms with van der Waals surface area (Å²) >= 11 is 0. The molecule has 1 fully saturated rings. The Morgan fingerprint density at radius 3 is 2.62 bits per heavy atom. The number of aromatic amines is 1. The highest BCUT2D eigenvalue weighted by molar-refractivity contribution is 6.23. The zero-order valence-electron chi connectivity index (χ0n) is 21.2. The normalized spacial score (nSPS) is 15.1. The number of nitro groups is 1. The molecule has 2 heterocycles. The first kappa shape index (κ1) is 25.7. The molecule has 1 N–H and O–H groups in total. The topological polar surface area (TPSA) is 126 Å². The largest absolute Gasteiger partial charge is 0.494 e. The molecule has 5 rings (SSSR count). The zero-order valence-corrected chi connectivity index (χ0v) is 21.2. The Labute approximate surface area is 223 Å². The number of carbonyl (C=O) groups excluding carboxylic acids is 3. The van der Waals surface area contributed by atoms with Crippen molar-refractivity contribution in [1.82, 2.24) is 9.88 Å². The molecule has 0 bridgehead atoms. The molecule has 0 spiro atoms. The molecule has 198 valence electrons. The van der Waals surface area contributed by atoms with Gasteiger partial charge in [0.15, 0.2) is 0 Å². The highest BCUT2D eigenvalue weighted by Crippen LogP contribution is 2.29. The second-order valence-corrected chi connectivity index (χ2v) is 9.13. The van der Waals surface area contributed by atoms with Crippen LogP contribution in [0.1, 0.15) is 29.3 Å². The highest BCUT2D eigenvalue weighted by Gasteiger charge is 2.44. The predicted octanol–water partition coefficient (Wildman–Crippen LogP) is 4.49.